The predicted octanol–water partition coefficient (Wildman–Crippen LogP) is -1.65. The van der Waals surface area contributed by atoms with Crippen LogP contribution in [0.5, 0.6) is 0 Å². The van der Waals surface area contributed by atoms with Crippen LogP contribution < -0.4 is 17.0 Å². The number of hydrogen-bond donors (Lipinski definition) is 0. The van der Waals surface area contributed by atoms with Crippen LogP contribution in [0.1, 0.15) is 0 Å². The van der Waals surface area contributed by atoms with E-state index in [0.717, 1.165) is 0 Å². The maximum atomic E-state index is 0. The van der Waals surface area contributed by atoms with Crippen molar-refractivity contribution in [1.29, 1.82) is 0 Å². The summed E-state index contributed by atoms with van der Waals surface area (Å²) in [4.78, 5) is 0. The van der Waals surface area contributed by atoms with Crippen molar-refractivity contribution in [1.82, 2.24) is 0 Å². The van der Waals surface area contributed by atoms with Gasteiger partial charge in [0.05, 0.1) is 0 Å². The smallest absolute Gasteiger partial charge is 1.00 e. The molecule has 0 aliphatic rings. The largest absolute Gasteiger partial charge is 4.00 e. The molecule has 0 amide bonds. The number of halogens is 1. The molecule has 2 heteroatoms. The first-order valence-corrected chi connectivity index (χ1v) is 0. The summed E-state index contributed by atoms with van der Waals surface area (Å²) in [6, 6.07) is 0. The maximum absolute atomic E-state index is 0. The summed E-state index contributed by atoms with van der Waals surface area (Å²) >= 11 is 0. The quantitative estimate of drug-likeness (QED) is 0.372. The Balaban J connectivity index is 0. The van der Waals surface area contributed by atoms with Gasteiger partial charge in [-0.05, 0) is 0 Å². The molecule has 0 radical (unpaired) electrons. The van der Waals surface area contributed by atoms with Gasteiger partial charge < -0.3 is 39.3 Å². The van der Waals surface area contributed by atoms with Gasteiger partial charge in [-0.3, -0.25) is 0 Å². The molecule has 0 aliphatic heterocycles. The van der Waals surface area contributed by atoms with Gasteiger partial charge in [0.15, 0.2) is 0 Å². The van der Waals surface area contributed by atoms with Gasteiger partial charge in [-0.25, -0.2) is 0 Å². The molecule has 0 saturated carbocycles. The first-order valence-electron chi connectivity index (χ1n) is 0. The molecular formula is C3H9BrHf. The van der Waals surface area contributed by atoms with Crippen molar-refractivity contribution in [2.24, 2.45) is 0 Å². The van der Waals surface area contributed by atoms with E-state index < -0.39 is 0 Å². The Hall–Kier alpha value is 1.35. The molecule has 0 bridgehead atoms. The van der Waals surface area contributed by atoms with Crippen LogP contribution in [0.25, 0.3) is 0 Å². The Bertz CT molecular complexity index is 6.85. The third kappa shape index (κ3) is 32.9. The van der Waals surface area contributed by atoms with Crippen molar-refractivity contribution in [2.45, 2.75) is 0 Å². The molecule has 0 aromatic rings. The zero-order chi connectivity index (χ0) is 0. The van der Waals surface area contributed by atoms with Crippen molar-refractivity contribution in [3.05, 3.63) is 22.3 Å². The second-order valence-corrected chi connectivity index (χ2v) is 0. The number of rotatable bonds is 0. The van der Waals surface area contributed by atoms with E-state index in [-0.39, 0.29) is 65.1 Å². The monoisotopic (exact) mass is 304 g/mol. The Kier molecular flexibility index (Phi) is 1110. The van der Waals surface area contributed by atoms with E-state index in [9.17, 15) is 0 Å². The molecule has 0 saturated heterocycles. The van der Waals surface area contributed by atoms with Crippen LogP contribution in [-0.2, 0) is 25.8 Å². The average molecular weight is 303 g/mol. The Morgan fingerprint density at radius 3 is 0.600 bits per heavy atom. The molecule has 5 heavy (non-hydrogen) atoms. The molecule has 0 nitrogen and oxygen atoms in total. The normalized spacial score (nSPS) is 0. The Morgan fingerprint density at radius 1 is 0.600 bits per heavy atom. The SMILES string of the molecule is [Br-].[CH3-].[CH3-].[CH3-].[Hf+4]. The zero-order valence-corrected chi connectivity index (χ0v) is 9.06. The first kappa shape index (κ1) is 99.7. The van der Waals surface area contributed by atoms with Gasteiger partial charge in [-0.2, -0.15) is 0 Å². The summed E-state index contributed by atoms with van der Waals surface area (Å²) in [6.07, 6.45) is 0. The van der Waals surface area contributed by atoms with Crippen LogP contribution in [0.15, 0.2) is 0 Å². The van der Waals surface area contributed by atoms with E-state index >= 15 is 0 Å². The maximum Gasteiger partial charge on any atom is 4.00 e. The molecule has 0 aromatic heterocycles. The number of hydrogen-bond acceptors (Lipinski definition) is 0. The van der Waals surface area contributed by atoms with E-state index in [2.05, 4.69) is 0 Å². The Morgan fingerprint density at radius 2 is 0.600 bits per heavy atom. The van der Waals surface area contributed by atoms with Crippen molar-refractivity contribution in [3.63, 3.8) is 0 Å². The zero-order valence-electron chi connectivity index (χ0n) is 3.88. The topological polar surface area (TPSA) is 0 Å². The van der Waals surface area contributed by atoms with Gasteiger partial charge in [0.2, 0.25) is 0 Å². The van der Waals surface area contributed by atoms with Crippen molar-refractivity contribution in [2.75, 3.05) is 0 Å². The molecule has 0 unspecified atom stereocenters. The summed E-state index contributed by atoms with van der Waals surface area (Å²) in [7, 11) is 0. The summed E-state index contributed by atoms with van der Waals surface area (Å²) < 4.78 is 0. The second kappa shape index (κ2) is 55.5. The fourth-order valence-electron chi connectivity index (χ4n) is 0. The van der Waals surface area contributed by atoms with Crippen LogP contribution in [0.4, 0.5) is 0 Å². The predicted molar refractivity (Wildman–Crippen MR) is 19.2 cm³/mol. The van der Waals surface area contributed by atoms with Crippen LogP contribution in [0.3, 0.4) is 0 Å². The van der Waals surface area contributed by atoms with E-state index in [4.69, 9.17) is 0 Å². The van der Waals surface area contributed by atoms with Crippen LogP contribution in [0, 0.1) is 22.3 Å². The molecular weight excluding hydrogens is 294 g/mol. The molecule has 0 aromatic carbocycles. The average Bonchev–Trinajstić information content (AvgIpc) is 0. The van der Waals surface area contributed by atoms with Crippen molar-refractivity contribution < 1.29 is 42.8 Å². The summed E-state index contributed by atoms with van der Waals surface area (Å²) in [5, 5.41) is 0. The molecule has 0 heterocycles. The Labute approximate surface area is 64.9 Å². The van der Waals surface area contributed by atoms with Gasteiger partial charge in [-0.15, -0.1) is 0 Å². The van der Waals surface area contributed by atoms with E-state index in [1.54, 1.807) is 0 Å². The molecule has 0 aliphatic carbocycles. The summed E-state index contributed by atoms with van der Waals surface area (Å²) in [5.41, 5.74) is 0. The van der Waals surface area contributed by atoms with Crippen LogP contribution in [-0.4, -0.2) is 0 Å². The van der Waals surface area contributed by atoms with Gasteiger partial charge in [0.25, 0.3) is 0 Å². The van der Waals surface area contributed by atoms with Gasteiger partial charge in [0, 0.05) is 0 Å². The van der Waals surface area contributed by atoms with Crippen LogP contribution >= 0.6 is 0 Å². The minimum absolute atomic E-state index is 0. The minimum Gasteiger partial charge on any atom is -1.00 e. The molecule has 0 spiro atoms. The standard InChI is InChI=1S/3CH3.BrH.Hf/h3*1H3;1H;/q3*-1;;+4/p-1. The van der Waals surface area contributed by atoms with Crippen molar-refractivity contribution in [3.8, 4) is 0 Å². The van der Waals surface area contributed by atoms with E-state index in [1.807, 2.05) is 0 Å². The summed E-state index contributed by atoms with van der Waals surface area (Å²) in [5.74, 6) is 0. The fraction of sp³-hybridized carbons (Fsp3) is 0. The van der Waals surface area contributed by atoms with Gasteiger partial charge in [0.1, 0.15) is 0 Å². The third-order valence-corrected chi connectivity index (χ3v) is 0. The molecule has 32 valence electrons. The summed E-state index contributed by atoms with van der Waals surface area (Å²) in [6.45, 7) is 0. The van der Waals surface area contributed by atoms with Gasteiger partial charge in [-0.1, -0.05) is 0 Å². The fourth-order valence-corrected chi connectivity index (χ4v) is 0. The first-order chi connectivity index (χ1) is 0. The van der Waals surface area contributed by atoms with Gasteiger partial charge >= 0.3 is 25.8 Å². The third-order valence-electron chi connectivity index (χ3n) is 0. The second-order valence-electron chi connectivity index (χ2n) is 0. The van der Waals surface area contributed by atoms with Crippen molar-refractivity contribution >= 4 is 0 Å². The minimum atomic E-state index is 0. The van der Waals surface area contributed by atoms with E-state index in [0.29, 0.717) is 0 Å². The molecule has 0 N–H and O–H groups in total. The molecule has 0 atom stereocenters. The molecule has 0 rings (SSSR count). The molecule has 0 fully saturated rings. The van der Waals surface area contributed by atoms with E-state index in [1.165, 1.54) is 0 Å². The van der Waals surface area contributed by atoms with Crippen LogP contribution in [0.2, 0.25) is 0 Å².